The fraction of sp³-hybridized carbons (Fsp3) is 0.423. The molecule has 7 nitrogen and oxygen atoms in total. The lowest BCUT2D eigenvalue weighted by Crippen LogP contribution is -2.44. The van der Waals surface area contributed by atoms with E-state index in [9.17, 15) is 9.59 Å². The quantitative estimate of drug-likeness (QED) is 0.222. The maximum absolute atomic E-state index is 12.4. The third-order valence-corrected chi connectivity index (χ3v) is 5.40. The van der Waals surface area contributed by atoms with Crippen molar-refractivity contribution >= 4 is 34.9 Å². The Hall–Kier alpha value is -2.97. The number of benzene rings is 2. The monoisotopic (exact) mass is 484 g/mol. The van der Waals surface area contributed by atoms with Gasteiger partial charge in [0.05, 0.1) is 12.0 Å². The summed E-state index contributed by atoms with van der Waals surface area (Å²) in [5.41, 5.74) is 7.33. The molecule has 0 aliphatic heterocycles. The van der Waals surface area contributed by atoms with Crippen LogP contribution < -0.4 is 16.2 Å². The molecular formula is C26H36N4O3S. The van der Waals surface area contributed by atoms with Crippen molar-refractivity contribution in [3.8, 4) is 0 Å². The average Bonchev–Trinajstić information content (AvgIpc) is 2.85. The van der Waals surface area contributed by atoms with Crippen molar-refractivity contribution in [2.24, 2.45) is 0 Å². The molecule has 0 saturated carbocycles. The summed E-state index contributed by atoms with van der Waals surface area (Å²) in [7, 11) is 0. The zero-order valence-corrected chi connectivity index (χ0v) is 21.0. The third kappa shape index (κ3) is 10.8. The average molecular weight is 485 g/mol. The minimum atomic E-state index is -0.341. The van der Waals surface area contributed by atoms with Gasteiger partial charge in [-0.1, -0.05) is 57.0 Å². The lowest BCUT2D eigenvalue weighted by atomic mass is 10.1. The lowest BCUT2D eigenvalue weighted by molar-refractivity contribution is -0.121. The molecule has 2 aromatic rings. The number of nitrogens with one attached hydrogen (secondary N) is 3. The van der Waals surface area contributed by atoms with Crippen molar-refractivity contribution < 1.29 is 14.3 Å². The van der Waals surface area contributed by atoms with Crippen molar-refractivity contribution in [2.45, 2.75) is 46.0 Å². The van der Waals surface area contributed by atoms with Gasteiger partial charge < -0.3 is 10.1 Å². The second kappa shape index (κ2) is 15.8. The van der Waals surface area contributed by atoms with Crippen molar-refractivity contribution in [1.82, 2.24) is 15.8 Å². The van der Waals surface area contributed by atoms with Gasteiger partial charge >= 0.3 is 5.97 Å². The number of hydrazine groups is 1. The largest absolute Gasteiger partial charge is 0.461 e. The van der Waals surface area contributed by atoms with E-state index in [1.165, 1.54) is 0 Å². The van der Waals surface area contributed by atoms with Crippen molar-refractivity contribution in [2.75, 3.05) is 31.6 Å². The van der Waals surface area contributed by atoms with E-state index < -0.39 is 0 Å². The highest BCUT2D eigenvalue weighted by Gasteiger charge is 2.10. The Kier molecular flexibility index (Phi) is 12.7. The first-order valence-corrected chi connectivity index (χ1v) is 12.3. The summed E-state index contributed by atoms with van der Waals surface area (Å²) in [5.74, 6) is -0.539. The summed E-state index contributed by atoms with van der Waals surface area (Å²) in [6.07, 6.45) is 4.87. The second-order valence-electron chi connectivity index (χ2n) is 8.05. The Labute approximate surface area is 208 Å². The maximum Gasteiger partial charge on any atom is 0.338 e. The van der Waals surface area contributed by atoms with Crippen LogP contribution in [0.2, 0.25) is 0 Å². The van der Waals surface area contributed by atoms with Crippen LogP contribution in [0.15, 0.2) is 54.6 Å². The maximum atomic E-state index is 12.4. The Balaban J connectivity index is 1.72. The van der Waals surface area contributed by atoms with E-state index >= 15 is 0 Å². The fourth-order valence-corrected chi connectivity index (χ4v) is 3.42. The highest BCUT2D eigenvalue weighted by molar-refractivity contribution is 7.80. The summed E-state index contributed by atoms with van der Waals surface area (Å²) in [4.78, 5) is 26.7. The molecule has 0 unspecified atom stereocenters. The fourth-order valence-electron chi connectivity index (χ4n) is 3.25. The number of nitrogens with zero attached hydrogens (tertiary/aromatic N) is 1. The molecule has 0 aliphatic carbocycles. The van der Waals surface area contributed by atoms with Crippen LogP contribution in [-0.4, -0.2) is 48.1 Å². The van der Waals surface area contributed by atoms with E-state index in [0.717, 1.165) is 50.9 Å². The van der Waals surface area contributed by atoms with Gasteiger partial charge in [-0.3, -0.25) is 20.5 Å². The number of amides is 1. The number of thiocarbonyl (C=S) groups is 1. The van der Waals surface area contributed by atoms with Crippen molar-refractivity contribution in [3.05, 3.63) is 65.7 Å². The number of carbonyl (C=O) groups excluding carboxylic acids is 2. The van der Waals surface area contributed by atoms with Gasteiger partial charge in [0.25, 0.3) is 0 Å². The molecule has 34 heavy (non-hydrogen) atoms. The van der Waals surface area contributed by atoms with Crippen LogP contribution in [0.5, 0.6) is 0 Å². The predicted octanol–water partition coefficient (Wildman–Crippen LogP) is 4.31. The molecule has 0 spiro atoms. The number of hydrogen-bond donors (Lipinski definition) is 3. The number of unbranched alkanes of at least 4 members (excludes halogenated alkanes) is 2. The van der Waals surface area contributed by atoms with Gasteiger partial charge in [-0.25, -0.2) is 4.79 Å². The van der Waals surface area contributed by atoms with E-state index in [1.807, 2.05) is 30.3 Å². The molecule has 0 fully saturated rings. The number of anilines is 1. The zero-order valence-electron chi connectivity index (χ0n) is 20.1. The van der Waals surface area contributed by atoms with Gasteiger partial charge in [-0.05, 0) is 68.0 Å². The summed E-state index contributed by atoms with van der Waals surface area (Å²) in [5, 5.41) is 3.22. The van der Waals surface area contributed by atoms with Crippen LogP contribution in [0.1, 0.15) is 55.5 Å². The molecule has 2 rings (SSSR count). The topological polar surface area (TPSA) is 82.7 Å². The molecule has 0 aliphatic rings. The Morgan fingerprint density at radius 2 is 1.53 bits per heavy atom. The number of esters is 1. The number of ether oxygens (including phenoxy) is 1. The predicted molar refractivity (Wildman–Crippen MR) is 141 cm³/mol. The smallest absolute Gasteiger partial charge is 0.338 e. The van der Waals surface area contributed by atoms with Crippen LogP contribution in [0.25, 0.3) is 0 Å². The number of rotatable bonds is 13. The molecule has 0 radical (unpaired) electrons. The second-order valence-corrected chi connectivity index (χ2v) is 8.46. The minimum Gasteiger partial charge on any atom is -0.461 e. The molecular weight excluding hydrogens is 448 g/mol. The van der Waals surface area contributed by atoms with Gasteiger partial charge in [0.1, 0.15) is 6.61 Å². The van der Waals surface area contributed by atoms with E-state index in [-0.39, 0.29) is 23.4 Å². The van der Waals surface area contributed by atoms with Crippen LogP contribution in [0.4, 0.5) is 5.69 Å². The lowest BCUT2D eigenvalue weighted by Gasteiger charge is -2.21. The SMILES string of the molecule is CCCCN(CCCC)CCOC(=O)c1ccc(NC(=S)NNC(=O)Cc2ccccc2)cc1. The highest BCUT2D eigenvalue weighted by atomic mass is 32.1. The first-order valence-electron chi connectivity index (χ1n) is 11.9. The summed E-state index contributed by atoms with van der Waals surface area (Å²) >= 11 is 5.21. The standard InChI is InChI=1S/C26H36N4O3S/c1-3-5-16-30(17-6-4-2)18-19-33-25(32)22-12-14-23(15-13-22)27-26(34)29-28-24(31)20-21-10-8-7-9-11-21/h7-15H,3-6,16-20H2,1-2H3,(H,28,31)(H2,27,29,34). The molecule has 184 valence electrons. The number of hydrogen-bond acceptors (Lipinski definition) is 5. The third-order valence-electron chi connectivity index (χ3n) is 5.20. The summed E-state index contributed by atoms with van der Waals surface area (Å²) in [6, 6.07) is 16.3. The molecule has 1 amide bonds. The van der Waals surface area contributed by atoms with Gasteiger partial charge in [-0.2, -0.15) is 0 Å². The van der Waals surface area contributed by atoms with Crippen LogP contribution in [0.3, 0.4) is 0 Å². The van der Waals surface area contributed by atoms with Crippen LogP contribution in [-0.2, 0) is 16.0 Å². The first kappa shape index (κ1) is 27.3. The molecule has 0 bridgehead atoms. The Morgan fingerprint density at radius 1 is 0.882 bits per heavy atom. The van der Waals surface area contributed by atoms with E-state index in [1.54, 1.807) is 24.3 Å². The summed E-state index contributed by atoms with van der Waals surface area (Å²) in [6.45, 7) is 7.57. The van der Waals surface area contributed by atoms with Gasteiger partial charge in [0.2, 0.25) is 5.91 Å². The van der Waals surface area contributed by atoms with E-state index in [2.05, 4.69) is 34.9 Å². The highest BCUT2D eigenvalue weighted by Crippen LogP contribution is 2.11. The van der Waals surface area contributed by atoms with E-state index in [4.69, 9.17) is 17.0 Å². The van der Waals surface area contributed by atoms with Gasteiger partial charge in [-0.15, -0.1) is 0 Å². The Bertz CT molecular complexity index is 883. The molecule has 0 aromatic heterocycles. The molecule has 3 N–H and O–H groups in total. The van der Waals surface area contributed by atoms with Gasteiger partial charge in [0.15, 0.2) is 5.11 Å². The Morgan fingerprint density at radius 3 is 2.15 bits per heavy atom. The van der Waals surface area contributed by atoms with Crippen LogP contribution in [0, 0.1) is 0 Å². The van der Waals surface area contributed by atoms with Crippen molar-refractivity contribution in [3.63, 3.8) is 0 Å². The zero-order chi connectivity index (χ0) is 24.6. The van der Waals surface area contributed by atoms with Gasteiger partial charge in [0, 0.05) is 12.2 Å². The molecule has 0 atom stereocenters. The number of carbonyl (C=O) groups is 2. The van der Waals surface area contributed by atoms with Crippen molar-refractivity contribution in [1.29, 1.82) is 0 Å². The molecule has 0 heterocycles. The van der Waals surface area contributed by atoms with Crippen LogP contribution >= 0.6 is 12.2 Å². The molecule has 2 aromatic carbocycles. The molecule has 8 heteroatoms. The first-order chi connectivity index (χ1) is 16.5. The summed E-state index contributed by atoms with van der Waals surface area (Å²) < 4.78 is 5.47. The van der Waals surface area contributed by atoms with E-state index in [0.29, 0.717) is 17.9 Å². The minimum absolute atomic E-state index is 0.198. The normalized spacial score (nSPS) is 10.6. The molecule has 0 saturated heterocycles.